The van der Waals surface area contributed by atoms with Crippen molar-refractivity contribution in [2.75, 3.05) is 11.4 Å². The summed E-state index contributed by atoms with van der Waals surface area (Å²) < 4.78 is 7.84. The standard InChI is InChI=1S/C22H22N4O3/c1-16(27)26-14-21(29-20-9-5-4-8-19(20)26)22(28)24-12-17-6-2-3-7-18(17)13-25-11-10-23-15-25/h2-11,15,21H,12-14H2,1H3,(H,24,28)/t21-/m1/s1. The molecule has 0 spiro atoms. The van der Waals surface area contributed by atoms with Crippen LogP contribution in [0.1, 0.15) is 18.1 Å². The largest absolute Gasteiger partial charge is 0.477 e. The Morgan fingerprint density at radius 2 is 1.90 bits per heavy atom. The topological polar surface area (TPSA) is 76.5 Å². The van der Waals surface area contributed by atoms with Crippen molar-refractivity contribution in [2.45, 2.75) is 26.1 Å². The first kappa shape index (κ1) is 18.7. The molecular formula is C22H22N4O3. The normalized spacial score (nSPS) is 15.3. The number of rotatable bonds is 5. The van der Waals surface area contributed by atoms with Crippen LogP contribution in [0, 0.1) is 0 Å². The molecule has 2 aromatic carbocycles. The number of para-hydroxylation sites is 2. The molecule has 0 saturated carbocycles. The third-order valence-corrected chi connectivity index (χ3v) is 4.93. The zero-order valence-corrected chi connectivity index (χ0v) is 16.1. The first-order valence-corrected chi connectivity index (χ1v) is 9.46. The number of imidazole rings is 1. The molecule has 0 aliphatic carbocycles. The van der Waals surface area contributed by atoms with Crippen molar-refractivity contribution in [3.63, 3.8) is 0 Å². The molecule has 7 nitrogen and oxygen atoms in total. The number of ether oxygens (including phenoxy) is 1. The third-order valence-electron chi connectivity index (χ3n) is 4.93. The van der Waals surface area contributed by atoms with Gasteiger partial charge in [-0.15, -0.1) is 0 Å². The summed E-state index contributed by atoms with van der Waals surface area (Å²) in [5.41, 5.74) is 2.81. The Bertz CT molecular complexity index is 1020. The first-order chi connectivity index (χ1) is 14.1. The van der Waals surface area contributed by atoms with Crippen LogP contribution in [-0.2, 0) is 22.7 Å². The number of fused-ring (bicyclic) bond motifs is 1. The van der Waals surface area contributed by atoms with E-state index in [0.29, 0.717) is 24.5 Å². The number of amides is 2. The van der Waals surface area contributed by atoms with E-state index >= 15 is 0 Å². The maximum Gasteiger partial charge on any atom is 0.263 e. The van der Waals surface area contributed by atoms with Crippen molar-refractivity contribution >= 4 is 17.5 Å². The number of carbonyl (C=O) groups excluding carboxylic acids is 2. The molecule has 148 valence electrons. The van der Waals surface area contributed by atoms with E-state index in [4.69, 9.17) is 4.74 Å². The van der Waals surface area contributed by atoms with Crippen molar-refractivity contribution in [1.82, 2.24) is 14.9 Å². The number of carbonyl (C=O) groups is 2. The number of nitrogens with zero attached hydrogens (tertiary/aromatic N) is 3. The summed E-state index contributed by atoms with van der Waals surface area (Å²) in [6, 6.07) is 15.2. The van der Waals surface area contributed by atoms with Crippen LogP contribution in [-0.4, -0.2) is 34.0 Å². The molecule has 2 heterocycles. The number of hydrogen-bond acceptors (Lipinski definition) is 4. The second kappa shape index (κ2) is 8.18. The molecule has 1 N–H and O–H groups in total. The molecule has 0 saturated heterocycles. The zero-order valence-electron chi connectivity index (χ0n) is 16.1. The van der Waals surface area contributed by atoms with Crippen LogP contribution in [0.5, 0.6) is 5.75 Å². The van der Waals surface area contributed by atoms with E-state index < -0.39 is 6.10 Å². The molecule has 1 aliphatic heterocycles. The second-order valence-electron chi connectivity index (χ2n) is 6.93. The minimum atomic E-state index is -0.755. The molecule has 7 heteroatoms. The third kappa shape index (κ3) is 4.13. The minimum absolute atomic E-state index is 0.121. The van der Waals surface area contributed by atoms with E-state index in [1.807, 2.05) is 53.2 Å². The minimum Gasteiger partial charge on any atom is -0.477 e. The number of anilines is 1. The van der Waals surface area contributed by atoms with Crippen LogP contribution in [0.3, 0.4) is 0 Å². The van der Waals surface area contributed by atoms with E-state index in [1.54, 1.807) is 23.5 Å². The van der Waals surface area contributed by atoms with Crippen LogP contribution in [0.15, 0.2) is 67.3 Å². The van der Waals surface area contributed by atoms with E-state index in [-0.39, 0.29) is 18.4 Å². The van der Waals surface area contributed by atoms with E-state index in [9.17, 15) is 9.59 Å². The van der Waals surface area contributed by atoms with E-state index in [2.05, 4.69) is 10.3 Å². The molecule has 0 radical (unpaired) electrons. The molecule has 3 aromatic rings. The lowest BCUT2D eigenvalue weighted by molar-refractivity contribution is -0.128. The number of hydrogen-bond donors (Lipinski definition) is 1. The summed E-state index contributed by atoms with van der Waals surface area (Å²) in [6.45, 7) is 2.74. The van der Waals surface area contributed by atoms with Crippen molar-refractivity contribution in [2.24, 2.45) is 0 Å². The molecule has 2 amide bonds. The Morgan fingerprint density at radius 3 is 2.66 bits per heavy atom. The van der Waals surface area contributed by atoms with Gasteiger partial charge in [-0.3, -0.25) is 9.59 Å². The highest BCUT2D eigenvalue weighted by molar-refractivity contribution is 5.95. The second-order valence-corrected chi connectivity index (χ2v) is 6.93. The summed E-state index contributed by atoms with van der Waals surface area (Å²) in [4.78, 5) is 30.5. The molecule has 29 heavy (non-hydrogen) atoms. The summed E-state index contributed by atoms with van der Waals surface area (Å²) in [5.74, 6) is 0.169. The molecule has 1 aliphatic rings. The zero-order chi connectivity index (χ0) is 20.2. The fourth-order valence-corrected chi connectivity index (χ4v) is 3.43. The van der Waals surface area contributed by atoms with Crippen molar-refractivity contribution in [3.05, 3.63) is 78.4 Å². The molecular weight excluding hydrogens is 368 g/mol. The highest BCUT2D eigenvalue weighted by atomic mass is 16.5. The summed E-state index contributed by atoms with van der Waals surface area (Å²) >= 11 is 0. The van der Waals surface area contributed by atoms with Gasteiger partial charge in [0.15, 0.2) is 6.10 Å². The number of nitrogens with one attached hydrogen (secondary N) is 1. The molecule has 1 aromatic heterocycles. The van der Waals surface area contributed by atoms with Gasteiger partial charge in [-0.2, -0.15) is 0 Å². The van der Waals surface area contributed by atoms with Gasteiger partial charge in [0.1, 0.15) is 5.75 Å². The van der Waals surface area contributed by atoms with Crippen LogP contribution >= 0.6 is 0 Å². The summed E-state index contributed by atoms with van der Waals surface area (Å²) in [6.07, 6.45) is 4.65. The summed E-state index contributed by atoms with van der Waals surface area (Å²) in [5, 5.41) is 2.95. The maximum atomic E-state index is 12.8. The highest BCUT2D eigenvalue weighted by Gasteiger charge is 2.32. The van der Waals surface area contributed by atoms with Gasteiger partial charge in [0.05, 0.1) is 18.6 Å². The van der Waals surface area contributed by atoms with Crippen molar-refractivity contribution in [3.8, 4) is 5.75 Å². The molecule has 0 unspecified atom stereocenters. The molecule has 0 bridgehead atoms. The number of aromatic nitrogens is 2. The molecule has 1 atom stereocenters. The average molecular weight is 390 g/mol. The maximum absolute atomic E-state index is 12.8. The van der Waals surface area contributed by atoms with Gasteiger partial charge in [-0.05, 0) is 23.3 Å². The van der Waals surface area contributed by atoms with E-state index in [1.165, 1.54) is 6.92 Å². The predicted molar refractivity (Wildman–Crippen MR) is 109 cm³/mol. The molecule has 0 fully saturated rings. The van der Waals surface area contributed by atoms with Gasteiger partial charge in [-0.25, -0.2) is 4.98 Å². The smallest absolute Gasteiger partial charge is 0.263 e. The lowest BCUT2D eigenvalue weighted by atomic mass is 10.1. The fraction of sp³-hybridized carbons (Fsp3) is 0.227. The van der Waals surface area contributed by atoms with Crippen LogP contribution < -0.4 is 15.0 Å². The molecule has 4 rings (SSSR count). The lowest BCUT2D eigenvalue weighted by Gasteiger charge is -2.33. The Hall–Kier alpha value is -3.61. The van der Waals surface area contributed by atoms with Gasteiger partial charge in [0.2, 0.25) is 5.91 Å². The first-order valence-electron chi connectivity index (χ1n) is 9.46. The van der Waals surface area contributed by atoms with Gasteiger partial charge >= 0.3 is 0 Å². The Morgan fingerprint density at radius 1 is 1.14 bits per heavy atom. The van der Waals surface area contributed by atoms with Crippen molar-refractivity contribution in [1.29, 1.82) is 0 Å². The van der Waals surface area contributed by atoms with Crippen LogP contribution in [0.4, 0.5) is 5.69 Å². The number of benzene rings is 2. The Balaban J connectivity index is 1.45. The van der Waals surface area contributed by atoms with E-state index in [0.717, 1.165) is 11.1 Å². The predicted octanol–water partition coefficient (Wildman–Crippen LogP) is 2.36. The van der Waals surface area contributed by atoms with Crippen molar-refractivity contribution < 1.29 is 14.3 Å². The highest BCUT2D eigenvalue weighted by Crippen LogP contribution is 2.33. The van der Waals surface area contributed by atoms with Crippen LogP contribution in [0.25, 0.3) is 0 Å². The SMILES string of the molecule is CC(=O)N1C[C@H](C(=O)NCc2ccccc2Cn2ccnc2)Oc2ccccc21. The Labute approximate surface area is 168 Å². The van der Waals surface area contributed by atoms with Crippen LogP contribution in [0.2, 0.25) is 0 Å². The quantitative estimate of drug-likeness (QED) is 0.726. The lowest BCUT2D eigenvalue weighted by Crippen LogP contribution is -2.50. The fourth-order valence-electron chi connectivity index (χ4n) is 3.43. The van der Waals surface area contributed by atoms with Gasteiger partial charge in [-0.1, -0.05) is 36.4 Å². The van der Waals surface area contributed by atoms with Gasteiger partial charge in [0.25, 0.3) is 5.91 Å². The van der Waals surface area contributed by atoms with Gasteiger partial charge in [0, 0.05) is 32.4 Å². The monoisotopic (exact) mass is 390 g/mol. The Kier molecular flexibility index (Phi) is 5.29. The van der Waals surface area contributed by atoms with Gasteiger partial charge < -0.3 is 19.5 Å². The summed E-state index contributed by atoms with van der Waals surface area (Å²) in [7, 11) is 0. The average Bonchev–Trinajstić information content (AvgIpc) is 3.25.